The van der Waals surface area contributed by atoms with Gasteiger partial charge in [0.15, 0.2) is 0 Å². The number of hydrogen-bond acceptors (Lipinski definition) is 2. The first-order valence-corrected chi connectivity index (χ1v) is 9.29. The first-order chi connectivity index (χ1) is 10.7. The molecule has 0 aliphatic carbocycles. The Balaban J connectivity index is 2.12. The minimum atomic E-state index is -0.576. The predicted octanol–water partition coefficient (Wildman–Crippen LogP) is 6.43. The molecule has 0 aromatic heterocycles. The maximum absolute atomic E-state index is 10.4. The van der Waals surface area contributed by atoms with Gasteiger partial charge >= 0.3 is 0 Å². The summed E-state index contributed by atoms with van der Waals surface area (Å²) in [6.07, 6.45) is -0.576. The molecule has 23 heavy (non-hydrogen) atoms. The third kappa shape index (κ3) is 4.90. The molecule has 0 aliphatic heterocycles. The predicted molar refractivity (Wildman–Crippen MR) is 102 cm³/mol. The van der Waals surface area contributed by atoms with Crippen LogP contribution < -0.4 is 0 Å². The Morgan fingerprint density at radius 1 is 1.04 bits per heavy atom. The van der Waals surface area contributed by atoms with Crippen LogP contribution in [0, 0.1) is 6.92 Å². The number of halogens is 2. The van der Waals surface area contributed by atoms with E-state index in [1.165, 1.54) is 16.0 Å². The van der Waals surface area contributed by atoms with Gasteiger partial charge in [-0.1, -0.05) is 62.2 Å². The van der Waals surface area contributed by atoms with Crippen LogP contribution in [0.1, 0.15) is 43.6 Å². The van der Waals surface area contributed by atoms with Crippen LogP contribution in [0.15, 0.2) is 41.3 Å². The van der Waals surface area contributed by atoms with Gasteiger partial charge in [-0.05, 0) is 47.2 Å². The molecule has 0 aliphatic rings. The molecule has 0 radical (unpaired) electrons. The first kappa shape index (κ1) is 18.7. The van der Waals surface area contributed by atoms with E-state index in [-0.39, 0.29) is 5.41 Å². The standard InChI is InChI=1S/C19H22Cl2OS/c1-12-5-7-14(19(2,3)4)10-18(12)23-11-17(22)13-6-8-15(20)16(21)9-13/h5-10,17,22H,11H2,1-4H3. The molecule has 2 rings (SSSR count). The van der Waals surface area contributed by atoms with Crippen LogP contribution in [-0.4, -0.2) is 10.9 Å². The molecule has 0 saturated carbocycles. The maximum atomic E-state index is 10.4. The van der Waals surface area contributed by atoms with Crippen molar-refractivity contribution < 1.29 is 5.11 Å². The smallest absolute Gasteiger partial charge is 0.0884 e. The zero-order valence-corrected chi connectivity index (χ0v) is 16.2. The summed E-state index contributed by atoms with van der Waals surface area (Å²) < 4.78 is 0. The molecule has 0 bridgehead atoms. The lowest BCUT2D eigenvalue weighted by Crippen LogP contribution is -2.11. The largest absolute Gasteiger partial charge is 0.388 e. The molecule has 0 saturated heterocycles. The van der Waals surface area contributed by atoms with Crippen LogP contribution in [-0.2, 0) is 5.41 Å². The summed E-state index contributed by atoms with van der Waals surface area (Å²) in [5.41, 5.74) is 3.43. The number of hydrogen-bond donors (Lipinski definition) is 1. The maximum Gasteiger partial charge on any atom is 0.0884 e. The molecular formula is C19H22Cl2OS. The van der Waals surface area contributed by atoms with Crippen molar-refractivity contribution in [3.8, 4) is 0 Å². The highest BCUT2D eigenvalue weighted by Crippen LogP contribution is 2.33. The fourth-order valence-electron chi connectivity index (χ4n) is 2.21. The number of aliphatic hydroxyl groups is 1. The Bertz CT molecular complexity index is 692. The number of aryl methyl sites for hydroxylation is 1. The van der Waals surface area contributed by atoms with Gasteiger partial charge < -0.3 is 5.11 Å². The molecule has 0 fully saturated rings. The number of rotatable bonds is 4. The van der Waals surface area contributed by atoms with Crippen molar-refractivity contribution in [1.82, 2.24) is 0 Å². The number of aliphatic hydroxyl groups excluding tert-OH is 1. The van der Waals surface area contributed by atoms with Crippen LogP contribution in [0.2, 0.25) is 10.0 Å². The topological polar surface area (TPSA) is 20.2 Å². The van der Waals surface area contributed by atoms with E-state index < -0.39 is 6.10 Å². The van der Waals surface area contributed by atoms with Gasteiger partial charge in [0.25, 0.3) is 0 Å². The second-order valence-corrected chi connectivity index (χ2v) is 8.61. The Hall–Kier alpha value is -0.670. The van der Waals surface area contributed by atoms with E-state index in [1.54, 1.807) is 23.9 Å². The van der Waals surface area contributed by atoms with Crippen molar-refractivity contribution in [3.05, 3.63) is 63.1 Å². The Morgan fingerprint density at radius 3 is 2.35 bits per heavy atom. The van der Waals surface area contributed by atoms with Crippen LogP contribution in [0.5, 0.6) is 0 Å². The van der Waals surface area contributed by atoms with E-state index >= 15 is 0 Å². The monoisotopic (exact) mass is 368 g/mol. The average molecular weight is 369 g/mol. The summed E-state index contributed by atoms with van der Waals surface area (Å²) in [6, 6.07) is 11.8. The molecule has 0 heterocycles. The molecule has 1 unspecified atom stereocenters. The quantitative estimate of drug-likeness (QED) is 0.627. The first-order valence-electron chi connectivity index (χ1n) is 7.55. The molecule has 1 atom stereocenters. The molecule has 0 amide bonds. The van der Waals surface area contributed by atoms with E-state index in [0.717, 1.165) is 5.56 Å². The molecule has 2 aromatic rings. The third-order valence-corrected chi connectivity index (χ3v) is 5.75. The Kier molecular flexibility index (Phi) is 6.07. The van der Waals surface area contributed by atoms with Gasteiger partial charge in [0.2, 0.25) is 0 Å². The number of benzene rings is 2. The SMILES string of the molecule is Cc1ccc(C(C)(C)C)cc1SCC(O)c1ccc(Cl)c(Cl)c1. The van der Waals surface area contributed by atoms with E-state index in [9.17, 15) is 5.11 Å². The normalized spacial score (nSPS) is 13.2. The van der Waals surface area contributed by atoms with E-state index in [0.29, 0.717) is 15.8 Å². The van der Waals surface area contributed by atoms with Gasteiger partial charge in [-0.15, -0.1) is 11.8 Å². The highest BCUT2D eigenvalue weighted by Gasteiger charge is 2.16. The summed E-state index contributed by atoms with van der Waals surface area (Å²) >= 11 is 13.6. The van der Waals surface area contributed by atoms with Gasteiger partial charge in [-0.3, -0.25) is 0 Å². The summed E-state index contributed by atoms with van der Waals surface area (Å²) in [5.74, 6) is 0.576. The minimum absolute atomic E-state index is 0.116. The Labute approximate surface area is 153 Å². The van der Waals surface area contributed by atoms with E-state index in [4.69, 9.17) is 23.2 Å². The van der Waals surface area contributed by atoms with Crippen LogP contribution >= 0.6 is 35.0 Å². The van der Waals surface area contributed by atoms with Crippen molar-refractivity contribution in [2.45, 2.75) is 44.1 Å². The highest BCUT2D eigenvalue weighted by atomic mass is 35.5. The highest BCUT2D eigenvalue weighted by molar-refractivity contribution is 7.99. The zero-order valence-electron chi connectivity index (χ0n) is 13.9. The van der Waals surface area contributed by atoms with Crippen molar-refractivity contribution in [2.75, 3.05) is 5.75 Å². The van der Waals surface area contributed by atoms with Gasteiger partial charge in [-0.25, -0.2) is 0 Å². The Morgan fingerprint density at radius 2 is 1.74 bits per heavy atom. The lowest BCUT2D eigenvalue weighted by molar-refractivity contribution is 0.204. The molecule has 124 valence electrons. The summed E-state index contributed by atoms with van der Waals surface area (Å²) in [5, 5.41) is 11.4. The number of thioether (sulfide) groups is 1. The zero-order chi connectivity index (χ0) is 17.2. The van der Waals surface area contributed by atoms with E-state index in [1.807, 2.05) is 6.07 Å². The van der Waals surface area contributed by atoms with Crippen molar-refractivity contribution >= 4 is 35.0 Å². The van der Waals surface area contributed by atoms with Crippen LogP contribution in [0.4, 0.5) is 0 Å². The fraction of sp³-hybridized carbons (Fsp3) is 0.368. The summed E-state index contributed by atoms with van der Waals surface area (Å²) in [6.45, 7) is 8.71. The minimum Gasteiger partial charge on any atom is -0.388 e. The van der Waals surface area contributed by atoms with Gasteiger partial charge in [0, 0.05) is 10.6 Å². The summed E-state index contributed by atoms with van der Waals surface area (Å²) in [7, 11) is 0. The summed E-state index contributed by atoms with van der Waals surface area (Å²) in [4.78, 5) is 1.21. The molecule has 1 nitrogen and oxygen atoms in total. The van der Waals surface area contributed by atoms with Crippen LogP contribution in [0.25, 0.3) is 0 Å². The lowest BCUT2D eigenvalue weighted by Gasteiger charge is -2.21. The molecular weight excluding hydrogens is 347 g/mol. The molecule has 0 spiro atoms. The van der Waals surface area contributed by atoms with Crippen molar-refractivity contribution in [3.63, 3.8) is 0 Å². The molecule has 1 N–H and O–H groups in total. The van der Waals surface area contributed by atoms with Crippen LogP contribution in [0.3, 0.4) is 0 Å². The van der Waals surface area contributed by atoms with E-state index in [2.05, 4.69) is 45.9 Å². The fourth-order valence-corrected chi connectivity index (χ4v) is 3.55. The second kappa shape index (κ2) is 7.48. The van der Waals surface area contributed by atoms with Gasteiger partial charge in [0.05, 0.1) is 16.1 Å². The second-order valence-electron chi connectivity index (χ2n) is 6.73. The average Bonchev–Trinajstić information content (AvgIpc) is 2.47. The van der Waals surface area contributed by atoms with Crippen molar-refractivity contribution in [1.29, 1.82) is 0 Å². The van der Waals surface area contributed by atoms with Crippen molar-refractivity contribution in [2.24, 2.45) is 0 Å². The van der Waals surface area contributed by atoms with Gasteiger partial charge in [-0.2, -0.15) is 0 Å². The lowest BCUT2D eigenvalue weighted by atomic mass is 9.87. The van der Waals surface area contributed by atoms with Gasteiger partial charge in [0.1, 0.15) is 0 Å². The third-order valence-electron chi connectivity index (χ3n) is 3.78. The molecule has 2 aromatic carbocycles. The molecule has 4 heteroatoms.